The molecule has 1 amide bonds. The minimum absolute atomic E-state index is 0.169. The van der Waals surface area contributed by atoms with E-state index in [9.17, 15) is 13.6 Å². The van der Waals surface area contributed by atoms with E-state index in [1.165, 1.54) is 6.07 Å². The smallest absolute Gasteiger partial charge is 0.238 e. The lowest BCUT2D eigenvalue weighted by Crippen LogP contribution is -2.43. The topological polar surface area (TPSA) is 32.3 Å². The van der Waals surface area contributed by atoms with Gasteiger partial charge in [0.15, 0.2) is 0 Å². The van der Waals surface area contributed by atoms with Gasteiger partial charge in [-0.3, -0.25) is 9.69 Å². The van der Waals surface area contributed by atoms with Gasteiger partial charge < -0.3 is 5.32 Å². The molecule has 0 spiro atoms. The van der Waals surface area contributed by atoms with Crippen LogP contribution in [0.2, 0.25) is 0 Å². The van der Waals surface area contributed by atoms with Crippen molar-refractivity contribution in [1.29, 1.82) is 0 Å². The Morgan fingerprint density at radius 1 is 1.25 bits per heavy atom. The number of rotatable bonds is 3. The number of hydrogen-bond acceptors (Lipinski definition) is 2. The highest BCUT2D eigenvalue weighted by Gasteiger charge is 2.23. The van der Waals surface area contributed by atoms with E-state index in [0.717, 1.165) is 31.6 Å². The third-order valence-corrected chi connectivity index (χ3v) is 3.54. The molecule has 0 saturated carbocycles. The van der Waals surface area contributed by atoms with Crippen molar-refractivity contribution in [2.24, 2.45) is 11.8 Å². The van der Waals surface area contributed by atoms with Crippen molar-refractivity contribution in [2.75, 3.05) is 25.0 Å². The second-order valence-corrected chi connectivity index (χ2v) is 5.78. The van der Waals surface area contributed by atoms with Crippen molar-refractivity contribution >= 4 is 11.6 Å². The van der Waals surface area contributed by atoms with Crippen molar-refractivity contribution < 1.29 is 13.6 Å². The Kier molecular flexibility index (Phi) is 4.70. The number of hydrogen-bond donors (Lipinski definition) is 1. The van der Waals surface area contributed by atoms with Crippen LogP contribution in [0, 0.1) is 23.5 Å². The van der Waals surface area contributed by atoms with E-state index in [-0.39, 0.29) is 18.1 Å². The summed E-state index contributed by atoms with van der Waals surface area (Å²) in [6.07, 6.45) is 1.15. The number of piperidine rings is 1. The number of amides is 1. The molecule has 1 aromatic rings. The van der Waals surface area contributed by atoms with Gasteiger partial charge in [-0.2, -0.15) is 0 Å². The quantitative estimate of drug-likeness (QED) is 0.924. The maximum absolute atomic E-state index is 13.4. The number of carbonyl (C=O) groups excluding carboxylic acids is 1. The molecule has 5 heteroatoms. The van der Waals surface area contributed by atoms with Gasteiger partial charge in [-0.25, -0.2) is 8.78 Å². The number of nitrogens with zero attached hydrogens (tertiary/aromatic N) is 1. The number of halogens is 2. The lowest BCUT2D eigenvalue weighted by Gasteiger charge is -2.34. The Labute approximate surface area is 118 Å². The van der Waals surface area contributed by atoms with Crippen LogP contribution in [0.1, 0.15) is 20.3 Å². The maximum Gasteiger partial charge on any atom is 0.238 e. The summed E-state index contributed by atoms with van der Waals surface area (Å²) in [7, 11) is 0. The fraction of sp³-hybridized carbons (Fsp3) is 0.533. The molecule has 1 aromatic carbocycles. The van der Waals surface area contributed by atoms with Crippen LogP contribution in [-0.4, -0.2) is 30.4 Å². The Balaban J connectivity index is 1.95. The molecule has 2 rings (SSSR count). The molecule has 0 radical (unpaired) electrons. The summed E-state index contributed by atoms with van der Waals surface area (Å²) in [5, 5.41) is 2.32. The van der Waals surface area contributed by atoms with Crippen molar-refractivity contribution in [2.45, 2.75) is 20.3 Å². The lowest BCUT2D eigenvalue weighted by atomic mass is 9.92. The third kappa shape index (κ3) is 3.76. The van der Waals surface area contributed by atoms with Crippen LogP contribution in [0.15, 0.2) is 18.2 Å². The van der Waals surface area contributed by atoms with Crippen molar-refractivity contribution in [1.82, 2.24) is 4.90 Å². The van der Waals surface area contributed by atoms with Gasteiger partial charge in [0.25, 0.3) is 0 Å². The minimum Gasteiger partial charge on any atom is -0.320 e. The summed E-state index contributed by atoms with van der Waals surface area (Å²) in [5.74, 6) is -0.804. The van der Waals surface area contributed by atoms with Crippen LogP contribution in [0.5, 0.6) is 0 Å². The number of carbonyl (C=O) groups is 1. The van der Waals surface area contributed by atoms with Crippen molar-refractivity contribution in [3.8, 4) is 0 Å². The number of anilines is 1. The molecule has 110 valence electrons. The zero-order valence-corrected chi connectivity index (χ0v) is 11.8. The molecule has 1 aliphatic heterocycles. The van der Waals surface area contributed by atoms with E-state index in [0.29, 0.717) is 11.8 Å². The van der Waals surface area contributed by atoms with E-state index in [1.807, 2.05) is 4.90 Å². The van der Waals surface area contributed by atoms with Gasteiger partial charge in [-0.1, -0.05) is 19.9 Å². The van der Waals surface area contributed by atoms with Gasteiger partial charge in [0.05, 0.1) is 6.54 Å². The van der Waals surface area contributed by atoms with Gasteiger partial charge in [0.2, 0.25) is 5.91 Å². The van der Waals surface area contributed by atoms with Crippen LogP contribution < -0.4 is 5.32 Å². The summed E-state index contributed by atoms with van der Waals surface area (Å²) in [4.78, 5) is 13.9. The van der Waals surface area contributed by atoms with E-state index < -0.39 is 11.6 Å². The Morgan fingerprint density at radius 2 is 1.80 bits per heavy atom. The summed E-state index contributed by atoms with van der Waals surface area (Å²) >= 11 is 0. The highest BCUT2D eigenvalue weighted by Crippen LogP contribution is 2.21. The summed E-state index contributed by atoms with van der Waals surface area (Å²) < 4.78 is 26.9. The summed E-state index contributed by atoms with van der Waals surface area (Å²) in [5.41, 5.74) is -0.365. The van der Waals surface area contributed by atoms with E-state index >= 15 is 0 Å². The van der Waals surface area contributed by atoms with Crippen LogP contribution in [0.4, 0.5) is 14.5 Å². The zero-order chi connectivity index (χ0) is 14.7. The number of benzene rings is 1. The first-order valence-corrected chi connectivity index (χ1v) is 6.92. The third-order valence-electron chi connectivity index (χ3n) is 3.54. The van der Waals surface area contributed by atoms with Gasteiger partial charge in [0, 0.05) is 13.1 Å². The van der Waals surface area contributed by atoms with Gasteiger partial charge in [-0.15, -0.1) is 0 Å². The lowest BCUT2D eigenvalue weighted by molar-refractivity contribution is -0.118. The van der Waals surface area contributed by atoms with Gasteiger partial charge in [-0.05, 0) is 30.4 Å². The highest BCUT2D eigenvalue weighted by atomic mass is 19.1. The van der Waals surface area contributed by atoms with E-state index in [4.69, 9.17) is 0 Å². The largest absolute Gasteiger partial charge is 0.320 e. The summed E-state index contributed by atoms with van der Waals surface area (Å²) in [6, 6.07) is 3.53. The Bertz CT molecular complexity index is 463. The standard InChI is InChI=1S/C15H20F2N2O/c1-10-6-11(2)8-19(7-10)9-14(20)18-15-12(16)4-3-5-13(15)17/h3-5,10-11H,6-9H2,1-2H3,(H,18,20)/t10-,11-/m0/s1. The SMILES string of the molecule is C[C@H]1C[C@H](C)CN(CC(=O)Nc2c(F)cccc2F)C1. The van der Waals surface area contributed by atoms with Crippen LogP contribution in [-0.2, 0) is 4.79 Å². The molecule has 20 heavy (non-hydrogen) atoms. The Morgan fingerprint density at radius 3 is 2.35 bits per heavy atom. The van der Waals surface area contributed by atoms with Crippen LogP contribution in [0.3, 0.4) is 0 Å². The predicted octanol–water partition coefficient (Wildman–Crippen LogP) is 2.88. The van der Waals surface area contributed by atoms with Crippen molar-refractivity contribution in [3.05, 3.63) is 29.8 Å². The molecule has 0 bridgehead atoms. The zero-order valence-electron chi connectivity index (χ0n) is 11.8. The first-order valence-electron chi connectivity index (χ1n) is 6.92. The average molecular weight is 282 g/mol. The normalized spacial score (nSPS) is 23.6. The number of para-hydroxylation sites is 1. The average Bonchev–Trinajstić information content (AvgIpc) is 2.32. The van der Waals surface area contributed by atoms with Crippen molar-refractivity contribution in [3.63, 3.8) is 0 Å². The molecule has 1 aliphatic rings. The second-order valence-electron chi connectivity index (χ2n) is 5.78. The minimum atomic E-state index is -0.751. The van der Waals surface area contributed by atoms with Gasteiger partial charge in [0.1, 0.15) is 17.3 Å². The summed E-state index contributed by atoms with van der Waals surface area (Å²) in [6.45, 7) is 6.16. The fourth-order valence-corrected chi connectivity index (χ4v) is 2.92. The fourth-order valence-electron chi connectivity index (χ4n) is 2.92. The van der Waals surface area contributed by atoms with Crippen LogP contribution in [0.25, 0.3) is 0 Å². The maximum atomic E-state index is 13.4. The molecule has 3 nitrogen and oxygen atoms in total. The molecule has 0 aliphatic carbocycles. The first-order chi connectivity index (χ1) is 9.45. The van der Waals surface area contributed by atoms with E-state index in [1.54, 1.807) is 0 Å². The molecular formula is C15H20F2N2O. The van der Waals surface area contributed by atoms with Crippen LogP contribution >= 0.6 is 0 Å². The molecule has 1 N–H and O–H groups in total. The molecule has 1 heterocycles. The Hall–Kier alpha value is -1.49. The number of nitrogens with one attached hydrogen (secondary N) is 1. The molecule has 0 aromatic heterocycles. The molecule has 0 unspecified atom stereocenters. The molecular weight excluding hydrogens is 262 g/mol. The second kappa shape index (κ2) is 6.31. The van der Waals surface area contributed by atoms with Gasteiger partial charge >= 0.3 is 0 Å². The van der Waals surface area contributed by atoms with E-state index in [2.05, 4.69) is 19.2 Å². The molecule has 2 atom stereocenters. The predicted molar refractivity (Wildman–Crippen MR) is 74.4 cm³/mol. The molecule has 1 saturated heterocycles. The number of likely N-dealkylation sites (tertiary alicyclic amines) is 1. The molecule has 1 fully saturated rings. The highest BCUT2D eigenvalue weighted by molar-refractivity contribution is 5.92. The monoisotopic (exact) mass is 282 g/mol. The first kappa shape index (κ1) is 14.9.